The molecule has 2 N–H and O–H groups in total. The number of anilines is 1. The molecule has 0 saturated carbocycles. The highest BCUT2D eigenvalue weighted by molar-refractivity contribution is 6.18. The molecule has 35 heavy (non-hydrogen) atoms. The van der Waals surface area contributed by atoms with E-state index in [4.69, 9.17) is 23.2 Å². The molecule has 13 heteroatoms. The van der Waals surface area contributed by atoms with Gasteiger partial charge >= 0.3 is 11.7 Å². The lowest BCUT2D eigenvalue weighted by Gasteiger charge is -2.22. The fraction of sp³-hybridized carbons (Fsp3) is 0.273. The molecule has 1 aromatic heterocycles. The Morgan fingerprint density at radius 1 is 1.09 bits per heavy atom. The smallest absolute Gasteiger partial charge is 0.369 e. The van der Waals surface area contributed by atoms with Crippen LogP contribution in [0.4, 0.5) is 18.9 Å². The van der Waals surface area contributed by atoms with Crippen LogP contribution in [0.3, 0.4) is 0 Å². The van der Waals surface area contributed by atoms with Crippen LogP contribution >= 0.6 is 23.2 Å². The Labute approximate surface area is 208 Å². The van der Waals surface area contributed by atoms with Crippen molar-refractivity contribution in [1.82, 2.24) is 20.4 Å². The second kappa shape index (κ2) is 11.9. The van der Waals surface area contributed by atoms with E-state index in [0.29, 0.717) is 36.0 Å². The van der Waals surface area contributed by atoms with Gasteiger partial charge in [-0.3, -0.25) is 9.59 Å². The summed E-state index contributed by atoms with van der Waals surface area (Å²) in [5, 5.41) is 12.5. The molecule has 0 bridgehead atoms. The minimum atomic E-state index is -4.45. The largest absolute Gasteiger partial charge is 0.416 e. The van der Waals surface area contributed by atoms with Gasteiger partial charge in [0.05, 0.1) is 11.8 Å². The predicted octanol–water partition coefficient (Wildman–Crippen LogP) is 3.69. The van der Waals surface area contributed by atoms with E-state index in [9.17, 15) is 22.8 Å². The molecule has 186 valence electrons. The van der Waals surface area contributed by atoms with Crippen molar-refractivity contribution < 1.29 is 18.0 Å². The standard InChI is InChI=1S/C22H21Cl2F3N6O2/c23-9-11-32(12-10-24)18-7-3-16(4-8-18)14-29-33-21(35)19(30-31-33)20(34)28-13-15-1-5-17(6-2-15)22(25,26)27/h1-8,14,31H,9-13H2,(H,28,34). The SMILES string of the molecule is O=C(NCc1ccc(C(F)(F)F)cc1)c1n[nH]n(N=Cc2ccc(N(CCCl)CCCl)cc2)c1=O. The normalized spacial score (nSPS) is 11.7. The van der Waals surface area contributed by atoms with E-state index in [1.54, 1.807) is 12.1 Å². The maximum absolute atomic E-state index is 12.6. The van der Waals surface area contributed by atoms with E-state index >= 15 is 0 Å². The number of carbonyl (C=O) groups is 1. The summed E-state index contributed by atoms with van der Waals surface area (Å²) in [6.45, 7) is 1.22. The quantitative estimate of drug-likeness (QED) is 0.310. The molecule has 0 unspecified atom stereocenters. The summed E-state index contributed by atoms with van der Waals surface area (Å²) in [5.74, 6) is 0.134. The fourth-order valence-corrected chi connectivity index (χ4v) is 3.47. The van der Waals surface area contributed by atoms with Gasteiger partial charge in [-0.15, -0.1) is 33.1 Å². The molecular formula is C22H21Cl2F3N6O2. The number of halogens is 5. The van der Waals surface area contributed by atoms with Gasteiger partial charge in [-0.2, -0.15) is 23.5 Å². The second-order valence-electron chi connectivity index (χ2n) is 7.26. The van der Waals surface area contributed by atoms with Crippen molar-refractivity contribution in [1.29, 1.82) is 0 Å². The molecule has 0 aliphatic heterocycles. The van der Waals surface area contributed by atoms with Crippen molar-refractivity contribution >= 4 is 41.0 Å². The van der Waals surface area contributed by atoms with E-state index in [1.807, 2.05) is 17.0 Å². The highest BCUT2D eigenvalue weighted by Crippen LogP contribution is 2.29. The van der Waals surface area contributed by atoms with Crippen LogP contribution in [0.25, 0.3) is 0 Å². The Bertz CT molecular complexity index is 1200. The number of carbonyl (C=O) groups excluding carboxylic acids is 1. The van der Waals surface area contributed by atoms with Crippen LogP contribution in [0.2, 0.25) is 0 Å². The van der Waals surface area contributed by atoms with E-state index in [2.05, 4.69) is 20.7 Å². The van der Waals surface area contributed by atoms with Gasteiger partial charge < -0.3 is 10.2 Å². The first-order chi connectivity index (χ1) is 16.7. The van der Waals surface area contributed by atoms with Gasteiger partial charge in [-0.25, -0.2) is 0 Å². The van der Waals surface area contributed by atoms with Crippen LogP contribution in [0.5, 0.6) is 0 Å². The van der Waals surface area contributed by atoms with Crippen LogP contribution in [-0.4, -0.2) is 52.1 Å². The van der Waals surface area contributed by atoms with E-state index in [1.165, 1.54) is 18.3 Å². The van der Waals surface area contributed by atoms with Crippen molar-refractivity contribution in [2.75, 3.05) is 29.7 Å². The topological polar surface area (TPSA) is 95.4 Å². The number of amides is 1. The van der Waals surface area contributed by atoms with Crippen molar-refractivity contribution in [3.8, 4) is 0 Å². The van der Waals surface area contributed by atoms with Gasteiger partial charge in [0.25, 0.3) is 5.91 Å². The highest BCUT2D eigenvalue weighted by atomic mass is 35.5. The number of nitrogens with zero attached hydrogens (tertiary/aromatic N) is 4. The molecule has 1 amide bonds. The zero-order valence-electron chi connectivity index (χ0n) is 18.2. The molecule has 0 atom stereocenters. The minimum absolute atomic E-state index is 0.0800. The van der Waals surface area contributed by atoms with Crippen LogP contribution < -0.4 is 15.8 Å². The average Bonchev–Trinajstić information content (AvgIpc) is 3.21. The zero-order valence-corrected chi connectivity index (χ0v) is 19.7. The van der Waals surface area contributed by atoms with Crippen molar-refractivity contribution in [2.24, 2.45) is 5.10 Å². The molecular weight excluding hydrogens is 508 g/mol. The number of alkyl halides is 5. The second-order valence-corrected chi connectivity index (χ2v) is 8.01. The third kappa shape index (κ3) is 7.09. The summed E-state index contributed by atoms with van der Waals surface area (Å²) in [5.41, 5.74) is 0.0623. The minimum Gasteiger partial charge on any atom is -0.369 e. The number of rotatable bonds is 10. The molecule has 0 aliphatic rings. The highest BCUT2D eigenvalue weighted by Gasteiger charge is 2.29. The first kappa shape index (κ1) is 26.3. The Morgan fingerprint density at radius 3 is 2.29 bits per heavy atom. The summed E-state index contributed by atoms with van der Waals surface area (Å²) >= 11 is 11.7. The summed E-state index contributed by atoms with van der Waals surface area (Å²) in [6.07, 6.45) is -3.03. The molecule has 3 rings (SSSR count). The lowest BCUT2D eigenvalue weighted by Crippen LogP contribution is -2.29. The van der Waals surface area contributed by atoms with Gasteiger partial charge in [0.15, 0.2) is 0 Å². The first-order valence-corrected chi connectivity index (χ1v) is 11.4. The molecule has 0 spiro atoms. The van der Waals surface area contributed by atoms with Crippen molar-refractivity contribution in [3.05, 3.63) is 81.3 Å². The Balaban J connectivity index is 1.62. The Kier molecular flexibility index (Phi) is 8.94. The van der Waals surface area contributed by atoms with Crippen LogP contribution in [0.15, 0.2) is 58.4 Å². The van der Waals surface area contributed by atoms with E-state index in [-0.39, 0.29) is 6.54 Å². The van der Waals surface area contributed by atoms with Gasteiger partial charge in [0.1, 0.15) is 0 Å². The van der Waals surface area contributed by atoms with Crippen molar-refractivity contribution in [3.63, 3.8) is 0 Å². The molecule has 0 aliphatic carbocycles. The van der Waals surface area contributed by atoms with Gasteiger partial charge in [0.2, 0.25) is 5.69 Å². The maximum Gasteiger partial charge on any atom is 0.416 e. The lowest BCUT2D eigenvalue weighted by atomic mass is 10.1. The molecule has 8 nitrogen and oxygen atoms in total. The van der Waals surface area contributed by atoms with Crippen molar-refractivity contribution in [2.45, 2.75) is 12.7 Å². The fourth-order valence-electron chi connectivity index (χ4n) is 3.06. The maximum atomic E-state index is 12.6. The Hall–Kier alpha value is -3.31. The van der Waals surface area contributed by atoms with Crippen LogP contribution in [0.1, 0.15) is 27.2 Å². The third-order valence-corrected chi connectivity index (χ3v) is 5.23. The number of nitrogens with one attached hydrogen (secondary N) is 2. The molecule has 1 heterocycles. The molecule has 0 radical (unpaired) electrons. The molecule has 2 aromatic carbocycles. The summed E-state index contributed by atoms with van der Waals surface area (Å²) in [6, 6.07) is 11.7. The number of hydrogen-bond donors (Lipinski definition) is 2. The van der Waals surface area contributed by atoms with Crippen LogP contribution in [-0.2, 0) is 12.7 Å². The summed E-state index contributed by atoms with van der Waals surface area (Å²) in [7, 11) is 0. The number of benzene rings is 2. The zero-order chi connectivity index (χ0) is 25.4. The first-order valence-electron chi connectivity index (χ1n) is 10.4. The average molecular weight is 529 g/mol. The van der Waals surface area contributed by atoms with Gasteiger partial charge in [0, 0.05) is 37.1 Å². The summed E-state index contributed by atoms with van der Waals surface area (Å²) < 4.78 is 37.9. The Morgan fingerprint density at radius 2 is 1.71 bits per heavy atom. The van der Waals surface area contributed by atoms with Gasteiger partial charge in [-0.05, 0) is 35.4 Å². The van der Waals surface area contributed by atoms with Crippen LogP contribution in [0, 0.1) is 0 Å². The van der Waals surface area contributed by atoms with Gasteiger partial charge in [-0.1, -0.05) is 24.3 Å². The summed E-state index contributed by atoms with van der Waals surface area (Å²) in [4.78, 5) is 27.6. The van der Waals surface area contributed by atoms with E-state index in [0.717, 1.165) is 22.6 Å². The number of aromatic amines is 1. The number of hydrogen-bond acceptors (Lipinski definition) is 5. The monoisotopic (exact) mass is 528 g/mol. The number of aromatic nitrogens is 3. The molecule has 0 fully saturated rings. The molecule has 3 aromatic rings. The molecule has 0 saturated heterocycles. The lowest BCUT2D eigenvalue weighted by molar-refractivity contribution is -0.137. The predicted molar refractivity (Wildman–Crippen MR) is 129 cm³/mol. The third-order valence-electron chi connectivity index (χ3n) is 4.89. The number of H-pyrrole nitrogens is 1. The van der Waals surface area contributed by atoms with E-state index < -0.39 is 28.9 Å².